The minimum Gasteiger partial charge on any atom is -0.481 e. The van der Waals surface area contributed by atoms with Crippen molar-refractivity contribution in [3.8, 4) is 0 Å². The highest BCUT2D eigenvalue weighted by molar-refractivity contribution is 6.31. The van der Waals surface area contributed by atoms with E-state index in [1.165, 1.54) is 12.1 Å². The fourth-order valence-electron chi connectivity index (χ4n) is 2.97. The summed E-state index contributed by atoms with van der Waals surface area (Å²) in [7, 11) is 0. The molecule has 1 unspecified atom stereocenters. The van der Waals surface area contributed by atoms with Crippen LogP contribution in [0, 0.1) is 5.82 Å². The first-order chi connectivity index (χ1) is 12.9. The smallest absolute Gasteiger partial charge is 0.303 e. The van der Waals surface area contributed by atoms with Gasteiger partial charge in [0, 0.05) is 29.1 Å². The summed E-state index contributed by atoms with van der Waals surface area (Å²) < 4.78 is 14.5. The Kier molecular flexibility index (Phi) is 5.41. The number of carboxylic acids is 1. The summed E-state index contributed by atoms with van der Waals surface area (Å²) in [6.07, 6.45) is -0.320. The molecule has 1 aliphatic rings. The van der Waals surface area contributed by atoms with E-state index in [4.69, 9.17) is 22.4 Å². The Morgan fingerprint density at radius 2 is 1.93 bits per heavy atom. The molecule has 1 heterocycles. The first-order valence-corrected chi connectivity index (χ1v) is 8.65. The Bertz CT molecular complexity index is 895. The zero-order chi connectivity index (χ0) is 19.6. The number of aliphatic carboxylic acids is 1. The lowest BCUT2D eigenvalue weighted by Gasteiger charge is -2.23. The van der Waals surface area contributed by atoms with Gasteiger partial charge in [0.2, 0.25) is 5.91 Å². The number of anilines is 1. The number of hydrazone groups is 1. The van der Waals surface area contributed by atoms with Gasteiger partial charge in [0.05, 0.1) is 18.2 Å². The Hall–Kier alpha value is -2.93. The predicted octanol–water partition coefficient (Wildman–Crippen LogP) is 3.60. The zero-order valence-corrected chi connectivity index (χ0v) is 15.0. The van der Waals surface area contributed by atoms with Crippen LogP contribution in [0.1, 0.15) is 36.4 Å². The minimum atomic E-state index is -1.09. The van der Waals surface area contributed by atoms with E-state index in [-0.39, 0.29) is 29.8 Å². The minimum absolute atomic E-state index is 0.164. The second kappa shape index (κ2) is 7.75. The van der Waals surface area contributed by atoms with Gasteiger partial charge in [-0.3, -0.25) is 9.59 Å². The van der Waals surface area contributed by atoms with Gasteiger partial charge in [0.25, 0.3) is 0 Å². The van der Waals surface area contributed by atoms with Crippen LogP contribution in [0.4, 0.5) is 10.1 Å². The van der Waals surface area contributed by atoms with E-state index in [0.717, 1.165) is 10.6 Å². The average Bonchev–Trinajstić information content (AvgIpc) is 3.05. The fourth-order valence-corrected chi connectivity index (χ4v) is 3.26. The first-order valence-electron chi connectivity index (χ1n) is 8.28. The quantitative estimate of drug-likeness (QED) is 0.763. The van der Waals surface area contributed by atoms with E-state index in [2.05, 4.69) is 5.10 Å². The fraction of sp³-hybridized carbons (Fsp3) is 0.211. The maximum Gasteiger partial charge on any atom is 0.303 e. The van der Waals surface area contributed by atoms with Crippen LogP contribution in [-0.4, -0.2) is 27.7 Å². The molecule has 0 aromatic heterocycles. The van der Waals surface area contributed by atoms with Crippen molar-refractivity contribution in [3.63, 3.8) is 0 Å². The third-order valence-corrected chi connectivity index (χ3v) is 4.63. The van der Waals surface area contributed by atoms with Crippen molar-refractivity contribution in [2.45, 2.75) is 25.3 Å². The summed E-state index contributed by atoms with van der Waals surface area (Å²) in [4.78, 5) is 23.4. The van der Waals surface area contributed by atoms with E-state index >= 15 is 0 Å². The number of nitrogens with zero attached hydrogens (tertiary/aromatic N) is 2. The zero-order valence-electron chi connectivity index (χ0n) is 14.2. The Morgan fingerprint density at radius 1 is 1.22 bits per heavy atom. The van der Waals surface area contributed by atoms with Crippen LogP contribution >= 0.6 is 11.6 Å². The van der Waals surface area contributed by atoms with E-state index in [0.29, 0.717) is 11.4 Å². The van der Waals surface area contributed by atoms with Crippen LogP contribution in [0.5, 0.6) is 0 Å². The number of benzene rings is 2. The summed E-state index contributed by atoms with van der Waals surface area (Å²) in [6, 6.07) is 10.5. The monoisotopic (exact) mass is 389 g/mol. The Labute approximate surface area is 160 Å². The van der Waals surface area contributed by atoms with E-state index < -0.39 is 23.7 Å². The largest absolute Gasteiger partial charge is 0.481 e. The number of amides is 1. The molecule has 1 amide bonds. The topological polar surface area (TPSA) is 96.0 Å². The van der Waals surface area contributed by atoms with Crippen molar-refractivity contribution < 1.29 is 19.1 Å². The van der Waals surface area contributed by atoms with Crippen LogP contribution in [0.15, 0.2) is 47.6 Å². The third-order valence-electron chi connectivity index (χ3n) is 4.30. The molecule has 2 aromatic carbocycles. The van der Waals surface area contributed by atoms with E-state index in [1.54, 1.807) is 30.3 Å². The first kappa shape index (κ1) is 18.8. The molecule has 0 bridgehead atoms. The van der Waals surface area contributed by atoms with Crippen molar-refractivity contribution in [2.24, 2.45) is 5.10 Å². The Morgan fingerprint density at radius 3 is 2.56 bits per heavy atom. The molecule has 1 aliphatic heterocycles. The Balaban J connectivity index is 1.97. The van der Waals surface area contributed by atoms with Gasteiger partial charge in [-0.25, -0.2) is 9.40 Å². The maximum atomic E-state index is 14.5. The SMILES string of the molecule is Nc1ccc(C2=NN(C(=O)CCC(=O)O)C(c3c(F)cccc3Cl)C2)cc1. The van der Waals surface area contributed by atoms with Gasteiger partial charge < -0.3 is 10.8 Å². The van der Waals surface area contributed by atoms with Gasteiger partial charge in [-0.2, -0.15) is 5.10 Å². The van der Waals surface area contributed by atoms with Crippen molar-refractivity contribution in [1.29, 1.82) is 0 Å². The predicted molar refractivity (Wildman–Crippen MR) is 99.9 cm³/mol. The van der Waals surface area contributed by atoms with Gasteiger partial charge in [-0.1, -0.05) is 29.8 Å². The summed E-state index contributed by atoms with van der Waals surface area (Å²) in [6.45, 7) is 0. The highest BCUT2D eigenvalue weighted by atomic mass is 35.5. The van der Waals surface area contributed by atoms with Gasteiger partial charge in [-0.15, -0.1) is 0 Å². The van der Waals surface area contributed by atoms with Gasteiger partial charge in [0.1, 0.15) is 5.82 Å². The highest BCUT2D eigenvalue weighted by Gasteiger charge is 2.35. The normalized spacial score (nSPS) is 16.3. The number of nitrogen functional groups attached to an aromatic ring is 1. The molecule has 27 heavy (non-hydrogen) atoms. The molecular weight excluding hydrogens is 373 g/mol. The standard InChI is InChI=1S/C19H17ClFN3O3/c20-13-2-1-3-14(21)19(13)16-10-15(11-4-6-12(22)7-5-11)23-24(16)17(25)8-9-18(26)27/h1-7,16H,8-10,22H2,(H,26,27). The molecule has 0 fully saturated rings. The summed E-state index contributed by atoms with van der Waals surface area (Å²) >= 11 is 6.18. The number of rotatable bonds is 5. The average molecular weight is 390 g/mol. The summed E-state index contributed by atoms with van der Waals surface area (Å²) in [5, 5.41) is 14.5. The van der Waals surface area contributed by atoms with Crippen LogP contribution < -0.4 is 5.73 Å². The maximum absolute atomic E-state index is 14.5. The number of hydrogen-bond donors (Lipinski definition) is 2. The van der Waals surface area contributed by atoms with Crippen LogP contribution in [0.25, 0.3) is 0 Å². The van der Waals surface area contributed by atoms with Crippen molar-refractivity contribution in [2.75, 3.05) is 5.73 Å². The number of nitrogens with two attached hydrogens (primary N) is 1. The van der Waals surface area contributed by atoms with Crippen molar-refractivity contribution in [1.82, 2.24) is 5.01 Å². The molecule has 6 nitrogen and oxygen atoms in total. The molecule has 0 radical (unpaired) electrons. The molecule has 0 saturated heterocycles. The second-order valence-electron chi connectivity index (χ2n) is 6.16. The molecule has 0 aliphatic carbocycles. The highest BCUT2D eigenvalue weighted by Crippen LogP contribution is 2.38. The summed E-state index contributed by atoms with van der Waals surface area (Å²) in [5.74, 6) is -2.14. The number of halogens is 2. The number of hydrogen-bond acceptors (Lipinski definition) is 4. The van der Waals surface area contributed by atoms with Crippen molar-refractivity contribution in [3.05, 3.63) is 64.4 Å². The van der Waals surface area contributed by atoms with Gasteiger partial charge in [-0.05, 0) is 29.8 Å². The van der Waals surface area contributed by atoms with Crippen LogP contribution in [-0.2, 0) is 9.59 Å². The van der Waals surface area contributed by atoms with Gasteiger partial charge >= 0.3 is 5.97 Å². The third kappa shape index (κ3) is 4.09. The molecule has 0 saturated carbocycles. The van der Waals surface area contributed by atoms with E-state index in [1.807, 2.05) is 0 Å². The molecule has 3 N–H and O–H groups in total. The molecule has 3 rings (SSSR count). The lowest BCUT2D eigenvalue weighted by atomic mass is 9.97. The van der Waals surface area contributed by atoms with Gasteiger partial charge in [0.15, 0.2) is 0 Å². The molecule has 2 aromatic rings. The number of carbonyl (C=O) groups excluding carboxylic acids is 1. The van der Waals surface area contributed by atoms with Crippen molar-refractivity contribution >= 4 is 34.9 Å². The van der Waals surface area contributed by atoms with Crippen LogP contribution in [0.3, 0.4) is 0 Å². The number of carbonyl (C=O) groups is 2. The van der Waals surface area contributed by atoms with Crippen LogP contribution in [0.2, 0.25) is 5.02 Å². The van der Waals surface area contributed by atoms with E-state index in [9.17, 15) is 14.0 Å². The molecule has 140 valence electrons. The molecule has 8 heteroatoms. The summed E-state index contributed by atoms with van der Waals surface area (Å²) in [5.41, 5.74) is 7.77. The lowest BCUT2D eigenvalue weighted by molar-refractivity contribution is -0.141. The molecular formula is C19H17ClFN3O3. The number of carboxylic acid groups (broad SMARTS) is 1. The molecule has 1 atom stereocenters. The lowest BCUT2D eigenvalue weighted by Crippen LogP contribution is -2.28. The molecule has 0 spiro atoms. The second-order valence-corrected chi connectivity index (χ2v) is 6.56.